The molecule has 0 spiro atoms. The number of benzene rings is 1. The average Bonchev–Trinajstić information content (AvgIpc) is 2.94. The standard InChI is InChI=1S/C13H16N2O2/c14-9-5-6-11-12(7-9)17-13(15-11)8-16-10-3-1-2-4-10/h5-7,10H,1-4,8,14H2. The minimum atomic E-state index is 0.384. The first kappa shape index (κ1) is 10.6. The summed E-state index contributed by atoms with van der Waals surface area (Å²) >= 11 is 0. The third-order valence-corrected chi connectivity index (χ3v) is 3.20. The van der Waals surface area contributed by atoms with Crippen LogP contribution in [0.25, 0.3) is 11.1 Å². The number of anilines is 1. The summed E-state index contributed by atoms with van der Waals surface area (Å²) in [4.78, 5) is 4.37. The largest absolute Gasteiger partial charge is 0.438 e. The maximum Gasteiger partial charge on any atom is 0.221 e. The Morgan fingerprint density at radius 2 is 2.18 bits per heavy atom. The van der Waals surface area contributed by atoms with Crippen LogP contribution in [0.2, 0.25) is 0 Å². The van der Waals surface area contributed by atoms with E-state index in [9.17, 15) is 0 Å². The fraction of sp³-hybridized carbons (Fsp3) is 0.462. The molecule has 3 rings (SSSR count). The summed E-state index contributed by atoms with van der Waals surface area (Å²) < 4.78 is 11.4. The predicted molar refractivity (Wildman–Crippen MR) is 65.5 cm³/mol. The van der Waals surface area contributed by atoms with Crippen molar-refractivity contribution in [3.05, 3.63) is 24.1 Å². The van der Waals surface area contributed by atoms with Gasteiger partial charge >= 0.3 is 0 Å². The van der Waals surface area contributed by atoms with Crippen molar-refractivity contribution >= 4 is 16.8 Å². The average molecular weight is 232 g/mol. The van der Waals surface area contributed by atoms with Crippen molar-refractivity contribution in [1.29, 1.82) is 0 Å². The zero-order valence-corrected chi connectivity index (χ0v) is 9.69. The van der Waals surface area contributed by atoms with Crippen molar-refractivity contribution in [2.45, 2.75) is 38.4 Å². The summed E-state index contributed by atoms with van der Waals surface area (Å²) in [5, 5.41) is 0. The van der Waals surface area contributed by atoms with Gasteiger partial charge in [-0.1, -0.05) is 12.8 Å². The Morgan fingerprint density at radius 1 is 1.35 bits per heavy atom. The summed E-state index contributed by atoms with van der Waals surface area (Å²) in [6.07, 6.45) is 5.25. The number of hydrogen-bond acceptors (Lipinski definition) is 4. The van der Waals surface area contributed by atoms with E-state index in [2.05, 4.69) is 4.98 Å². The monoisotopic (exact) mass is 232 g/mol. The number of fused-ring (bicyclic) bond motifs is 1. The second-order valence-corrected chi connectivity index (χ2v) is 4.55. The SMILES string of the molecule is Nc1ccc2nc(COC3CCCC3)oc2c1. The Balaban J connectivity index is 1.72. The van der Waals surface area contributed by atoms with Gasteiger partial charge < -0.3 is 14.9 Å². The van der Waals surface area contributed by atoms with Gasteiger partial charge in [-0.2, -0.15) is 0 Å². The Kier molecular flexibility index (Phi) is 2.73. The van der Waals surface area contributed by atoms with Crippen LogP contribution in [0.1, 0.15) is 31.6 Å². The molecule has 1 heterocycles. The fourth-order valence-electron chi connectivity index (χ4n) is 2.29. The number of aromatic nitrogens is 1. The summed E-state index contributed by atoms with van der Waals surface area (Å²) in [6, 6.07) is 5.49. The molecule has 1 aromatic carbocycles. The number of oxazole rings is 1. The molecular weight excluding hydrogens is 216 g/mol. The third kappa shape index (κ3) is 2.26. The molecule has 17 heavy (non-hydrogen) atoms. The molecule has 0 amide bonds. The lowest BCUT2D eigenvalue weighted by molar-refractivity contribution is 0.0340. The molecule has 1 saturated carbocycles. The molecule has 0 radical (unpaired) electrons. The minimum absolute atomic E-state index is 0.384. The van der Waals surface area contributed by atoms with Gasteiger partial charge in [-0.05, 0) is 25.0 Å². The quantitative estimate of drug-likeness (QED) is 0.826. The van der Waals surface area contributed by atoms with Crippen LogP contribution in [0.3, 0.4) is 0 Å². The molecule has 1 fully saturated rings. The number of rotatable bonds is 3. The van der Waals surface area contributed by atoms with E-state index < -0.39 is 0 Å². The molecule has 4 nitrogen and oxygen atoms in total. The van der Waals surface area contributed by atoms with Crippen LogP contribution < -0.4 is 5.73 Å². The lowest BCUT2D eigenvalue weighted by Crippen LogP contribution is -2.07. The number of nitrogens with two attached hydrogens (primary N) is 1. The van der Waals surface area contributed by atoms with E-state index in [4.69, 9.17) is 14.9 Å². The molecule has 0 saturated heterocycles. The van der Waals surface area contributed by atoms with Gasteiger partial charge in [0.25, 0.3) is 0 Å². The van der Waals surface area contributed by atoms with Crippen molar-refractivity contribution in [1.82, 2.24) is 4.98 Å². The Morgan fingerprint density at radius 3 is 3.00 bits per heavy atom. The molecular formula is C13H16N2O2. The Hall–Kier alpha value is -1.55. The molecule has 1 aliphatic rings. The zero-order valence-electron chi connectivity index (χ0n) is 9.69. The van der Waals surface area contributed by atoms with Crippen molar-refractivity contribution in [3.8, 4) is 0 Å². The predicted octanol–water partition coefficient (Wildman–Crippen LogP) is 2.87. The van der Waals surface area contributed by atoms with Crippen LogP contribution in [0.5, 0.6) is 0 Å². The van der Waals surface area contributed by atoms with Crippen LogP contribution in [0.15, 0.2) is 22.6 Å². The van der Waals surface area contributed by atoms with Gasteiger partial charge in [0.1, 0.15) is 12.1 Å². The second kappa shape index (κ2) is 4.37. The highest BCUT2D eigenvalue weighted by molar-refractivity contribution is 5.76. The topological polar surface area (TPSA) is 61.3 Å². The zero-order chi connectivity index (χ0) is 11.7. The van der Waals surface area contributed by atoms with Crippen LogP contribution in [0, 0.1) is 0 Å². The van der Waals surface area contributed by atoms with E-state index in [0.717, 1.165) is 23.9 Å². The van der Waals surface area contributed by atoms with Gasteiger partial charge in [-0.3, -0.25) is 0 Å². The van der Waals surface area contributed by atoms with Crippen molar-refractivity contribution in [3.63, 3.8) is 0 Å². The van der Waals surface area contributed by atoms with E-state index in [0.29, 0.717) is 24.3 Å². The van der Waals surface area contributed by atoms with Crippen molar-refractivity contribution in [2.24, 2.45) is 0 Å². The highest BCUT2D eigenvalue weighted by Crippen LogP contribution is 2.23. The highest BCUT2D eigenvalue weighted by atomic mass is 16.5. The van der Waals surface area contributed by atoms with E-state index in [1.54, 1.807) is 6.07 Å². The van der Waals surface area contributed by atoms with E-state index >= 15 is 0 Å². The van der Waals surface area contributed by atoms with E-state index in [1.165, 1.54) is 12.8 Å². The minimum Gasteiger partial charge on any atom is -0.438 e. The maximum absolute atomic E-state index is 5.76. The first-order chi connectivity index (χ1) is 8.31. The molecule has 1 aliphatic carbocycles. The molecule has 1 aromatic heterocycles. The number of nitrogen functional groups attached to an aromatic ring is 1. The van der Waals surface area contributed by atoms with Crippen LogP contribution in [0.4, 0.5) is 5.69 Å². The van der Waals surface area contributed by atoms with Crippen LogP contribution >= 0.6 is 0 Å². The number of hydrogen-bond donors (Lipinski definition) is 1. The molecule has 90 valence electrons. The molecule has 0 aliphatic heterocycles. The molecule has 0 bridgehead atoms. The third-order valence-electron chi connectivity index (χ3n) is 3.20. The van der Waals surface area contributed by atoms with Gasteiger partial charge in [-0.25, -0.2) is 4.98 Å². The first-order valence-corrected chi connectivity index (χ1v) is 6.08. The molecule has 2 N–H and O–H groups in total. The molecule has 2 aromatic rings. The Bertz CT molecular complexity index is 515. The summed E-state index contributed by atoms with van der Waals surface area (Å²) in [7, 11) is 0. The van der Waals surface area contributed by atoms with Crippen LogP contribution in [-0.4, -0.2) is 11.1 Å². The maximum atomic E-state index is 5.76. The van der Waals surface area contributed by atoms with Gasteiger partial charge in [-0.15, -0.1) is 0 Å². The number of nitrogens with zero attached hydrogens (tertiary/aromatic N) is 1. The summed E-state index contributed by atoms with van der Waals surface area (Å²) in [5.74, 6) is 0.637. The molecule has 0 atom stereocenters. The smallest absolute Gasteiger partial charge is 0.221 e. The summed E-state index contributed by atoms with van der Waals surface area (Å²) in [6.45, 7) is 0.458. The highest BCUT2D eigenvalue weighted by Gasteiger charge is 2.16. The lowest BCUT2D eigenvalue weighted by atomic mass is 10.3. The van der Waals surface area contributed by atoms with Crippen LogP contribution in [-0.2, 0) is 11.3 Å². The van der Waals surface area contributed by atoms with E-state index in [-0.39, 0.29) is 0 Å². The van der Waals surface area contributed by atoms with Gasteiger partial charge in [0, 0.05) is 11.8 Å². The number of ether oxygens (including phenoxy) is 1. The van der Waals surface area contributed by atoms with Crippen molar-refractivity contribution < 1.29 is 9.15 Å². The summed E-state index contributed by atoms with van der Waals surface area (Å²) in [5.41, 5.74) is 7.95. The van der Waals surface area contributed by atoms with Crippen molar-refractivity contribution in [2.75, 3.05) is 5.73 Å². The molecule has 4 heteroatoms. The lowest BCUT2D eigenvalue weighted by Gasteiger charge is -2.07. The van der Waals surface area contributed by atoms with Gasteiger partial charge in [0.15, 0.2) is 5.58 Å². The van der Waals surface area contributed by atoms with E-state index in [1.807, 2.05) is 12.1 Å². The molecule has 0 unspecified atom stereocenters. The normalized spacial score (nSPS) is 16.9. The Labute approximate surface area is 99.8 Å². The fourth-order valence-corrected chi connectivity index (χ4v) is 2.29. The first-order valence-electron chi connectivity index (χ1n) is 6.08. The van der Waals surface area contributed by atoms with Gasteiger partial charge in [0.2, 0.25) is 5.89 Å². The van der Waals surface area contributed by atoms with Gasteiger partial charge in [0.05, 0.1) is 6.10 Å². The second-order valence-electron chi connectivity index (χ2n) is 4.55.